The molecule has 0 unspecified atom stereocenters. The Labute approximate surface area is 143 Å². The average Bonchev–Trinajstić information content (AvgIpc) is 2.64. The summed E-state index contributed by atoms with van der Waals surface area (Å²) >= 11 is 0. The fourth-order valence-corrected chi connectivity index (χ4v) is 3.38. The van der Waals surface area contributed by atoms with E-state index in [2.05, 4.69) is 9.97 Å². The van der Waals surface area contributed by atoms with E-state index in [1.807, 2.05) is 55.5 Å². The summed E-state index contributed by atoms with van der Waals surface area (Å²) < 4.78 is 1.59. The molecule has 0 saturated heterocycles. The number of hydrogen-bond acceptors (Lipinski definition) is 2. The van der Waals surface area contributed by atoms with Gasteiger partial charge in [0.15, 0.2) is 0 Å². The highest BCUT2D eigenvalue weighted by molar-refractivity contribution is 6.02. The maximum Gasteiger partial charge on any atom is 0.415 e. The van der Waals surface area contributed by atoms with Gasteiger partial charge in [0.1, 0.15) is 5.39 Å². The normalized spacial score (nSPS) is 11.2. The SMILES string of the molecule is CCCn1c(=O)[nH]c(=O)c2c(-c3cccc4ccccc34)cc[nH+]c21. The van der Waals surface area contributed by atoms with Crippen molar-refractivity contribution in [3.8, 4) is 11.1 Å². The van der Waals surface area contributed by atoms with Crippen molar-refractivity contribution in [2.45, 2.75) is 19.9 Å². The minimum absolute atomic E-state index is 0.368. The predicted molar refractivity (Wildman–Crippen MR) is 98.6 cm³/mol. The number of pyridine rings is 1. The van der Waals surface area contributed by atoms with Gasteiger partial charge >= 0.3 is 5.69 Å². The Morgan fingerprint density at radius 3 is 2.64 bits per heavy atom. The Bertz CT molecular complexity index is 1200. The zero-order valence-corrected chi connectivity index (χ0v) is 13.9. The van der Waals surface area contributed by atoms with Gasteiger partial charge in [-0.3, -0.25) is 9.78 Å². The molecule has 0 aliphatic carbocycles. The number of H-pyrrole nitrogens is 2. The molecule has 2 aromatic heterocycles. The van der Waals surface area contributed by atoms with Crippen LogP contribution in [0.25, 0.3) is 32.9 Å². The Balaban J connectivity index is 2.14. The number of aromatic amines is 2. The number of nitrogens with one attached hydrogen (secondary N) is 2. The number of aryl methyl sites for hydroxylation is 1. The molecule has 0 atom stereocenters. The highest BCUT2D eigenvalue weighted by Crippen LogP contribution is 2.30. The lowest BCUT2D eigenvalue weighted by Gasteiger charge is -2.09. The van der Waals surface area contributed by atoms with Crippen LogP contribution in [0.15, 0.2) is 64.3 Å². The van der Waals surface area contributed by atoms with E-state index in [9.17, 15) is 9.59 Å². The summed E-state index contributed by atoms with van der Waals surface area (Å²) in [4.78, 5) is 30.3. The second-order valence-corrected chi connectivity index (χ2v) is 6.05. The van der Waals surface area contributed by atoms with Gasteiger partial charge in [0, 0.05) is 5.56 Å². The number of rotatable bonds is 3. The first-order chi connectivity index (χ1) is 12.2. The van der Waals surface area contributed by atoms with Crippen LogP contribution in [0.3, 0.4) is 0 Å². The molecule has 0 aliphatic heterocycles. The number of fused-ring (bicyclic) bond motifs is 2. The van der Waals surface area contributed by atoms with Gasteiger partial charge in [-0.15, -0.1) is 0 Å². The Hall–Kier alpha value is -3.21. The first kappa shape index (κ1) is 15.3. The van der Waals surface area contributed by atoms with E-state index in [0.717, 1.165) is 28.3 Å². The molecule has 0 fully saturated rings. The molecular formula is C20H18N3O2+. The van der Waals surface area contributed by atoms with E-state index in [4.69, 9.17) is 0 Å². The van der Waals surface area contributed by atoms with Crippen molar-refractivity contribution in [1.29, 1.82) is 0 Å². The van der Waals surface area contributed by atoms with E-state index in [1.165, 1.54) is 0 Å². The van der Waals surface area contributed by atoms with E-state index < -0.39 is 0 Å². The molecule has 0 aliphatic rings. The Morgan fingerprint density at radius 1 is 1.00 bits per heavy atom. The second-order valence-electron chi connectivity index (χ2n) is 6.05. The van der Waals surface area contributed by atoms with E-state index in [-0.39, 0.29) is 11.2 Å². The molecule has 124 valence electrons. The lowest BCUT2D eigenvalue weighted by molar-refractivity contribution is -0.349. The van der Waals surface area contributed by atoms with Gasteiger partial charge < -0.3 is 0 Å². The van der Waals surface area contributed by atoms with Crippen LogP contribution >= 0.6 is 0 Å². The fourth-order valence-electron chi connectivity index (χ4n) is 3.38. The minimum Gasteiger partial charge on any atom is -0.268 e. The highest BCUT2D eigenvalue weighted by atomic mass is 16.2. The van der Waals surface area contributed by atoms with Crippen molar-refractivity contribution >= 4 is 21.8 Å². The topological polar surface area (TPSA) is 69.0 Å². The fraction of sp³-hybridized carbons (Fsp3) is 0.150. The van der Waals surface area contributed by atoms with Crippen molar-refractivity contribution in [3.05, 3.63) is 75.6 Å². The summed E-state index contributed by atoms with van der Waals surface area (Å²) in [7, 11) is 0. The van der Waals surface area contributed by atoms with Gasteiger partial charge in [-0.2, -0.15) is 4.57 Å². The molecule has 5 heteroatoms. The van der Waals surface area contributed by atoms with Crippen LogP contribution in [-0.2, 0) is 6.54 Å². The zero-order valence-electron chi connectivity index (χ0n) is 13.9. The lowest BCUT2D eigenvalue weighted by Crippen LogP contribution is -2.34. The lowest BCUT2D eigenvalue weighted by atomic mass is 9.97. The van der Waals surface area contributed by atoms with Crippen molar-refractivity contribution in [1.82, 2.24) is 9.55 Å². The molecular weight excluding hydrogens is 314 g/mol. The zero-order chi connectivity index (χ0) is 17.4. The molecule has 2 heterocycles. The molecule has 4 rings (SSSR count). The molecule has 0 spiro atoms. The molecule has 2 aromatic carbocycles. The first-order valence-electron chi connectivity index (χ1n) is 8.36. The third-order valence-corrected chi connectivity index (χ3v) is 4.47. The summed E-state index contributed by atoms with van der Waals surface area (Å²) in [5.41, 5.74) is 1.60. The van der Waals surface area contributed by atoms with Crippen LogP contribution in [0, 0.1) is 0 Å². The summed E-state index contributed by atoms with van der Waals surface area (Å²) in [6.07, 6.45) is 2.58. The van der Waals surface area contributed by atoms with Gasteiger partial charge in [-0.1, -0.05) is 49.4 Å². The smallest absolute Gasteiger partial charge is 0.268 e. The van der Waals surface area contributed by atoms with Gasteiger partial charge in [0.2, 0.25) is 0 Å². The molecule has 0 saturated carbocycles. The van der Waals surface area contributed by atoms with Crippen LogP contribution in [0.2, 0.25) is 0 Å². The maximum atomic E-state index is 12.6. The van der Waals surface area contributed by atoms with Crippen molar-refractivity contribution in [2.24, 2.45) is 0 Å². The van der Waals surface area contributed by atoms with Gasteiger partial charge in [-0.05, 0) is 28.8 Å². The highest BCUT2D eigenvalue weighted by Gasteiger charge is 2.19. The van der Waals surface area contributed by atoms with Crippen molar-refractivity contribution < 1.29 is 4.98 Å². The summed E-state index contributed by atoms with van der Waals surface area (Å²) in [5, 5.41) is 2.69. The summed E-state index contributed by atoms with van der Waals surface area (Å²) in [6, 6.07) is 16.0. The third kappa shape index (κ3) is 2.45. The van der Waals surface area contributed by atoms with E-state index >= 15 is 0 Å². The van der Waals surface area contributed by atoms with Crippen LogP contribution in [0.5, 0.6) is 0 Å². The van der Waals surface area contributed by atoms with Gasteiger partial charge in [-0.25, -0.2) is 9.78 Å². The second kappa shape index (κ2) is 6.02. The quantitative estimate of drug-likeness (QED) is 0.627. The standard InChI is InChI=1S/C20H17N3O2/c1-2-12-23-18-17(19(24)22-20(23)25)16(10-11-21-18)15-9-5-7-13-6-3-4-8-14(13)15/h3-11H,2,12H2,1H3,(H,22,24,25)/p+1. The molecule has 0 radical (unpaired) electrons. The average molecular weight is 332 g/mol. The predicted octanol–water partition coefficient (Wildman–Crippen LogP) is 2.73. The van der Waals surface area contributed by atoms with Crippen molar-refractivity contribution in [2.75, 3.05) is 0 Å². The maximum absolute atomic E-state index is 12.6. The van der Waals surface area contributed by atoms with Crippen LogP contribution in [-0.4, -0.2) is 9.55 Å². The van der Waals surface area contributed by atoms with Crippen LogP contribution < -0.4 is 16.2 Å². The van der Waals surface area contributed by atoms with Gasteiger partial charge in [0.25, 0.3) is 11.2 Å². The van der Waals surface area contributed by atoms with E-state index in [0.29, 0.717) is 17.6 Å². The molecule has 0 bridgehead atoms. The van der Waals surface area contributed by atoms with E-state index in [1.54, 1.807) is 10.8 Å². The number of hydrogen-bond donors (Lipinski definition) is 1. The Kier molecular flexibility index (Phi) is 3.69. The summed E-state index contributed by atoms with van der Waals surface area (Å²) in [6.45, 7) is 2.54. The largest absolute Gasteiger partial charge is 0.415 e. The molecule has 4 aromatic rings. The monoisotopic (exact) mass is 332 g/mol. The summed E-state index contributed by atoms with van der Waals surface area (Å²) in [5.74, 6) is 0. The third-order valence-electron chi connectivity index (χ3n) is 4.47. The Morgan fingerprint density at radius 2 is 1.80 bits per heavy atom. The van der Waals surface area contributed by atoms with Crippen molar-refractivity contribution in [3.63, 3.8) is 0 Å². The van der Waals surface area contributed by atoms with Crippen LogP contribution in [0.1, 0.15) is 13.3 Å². The minimum atomic E-state index is -0.384. The molecule has 0 amide bonds. The number of benzene rings is 2. The molecule has 5 nitrogen and oxygen atoms in total. The number of nitrogens with zero attached hydrogens (tertiary/aromatic N) is 1. The number of aromatic nitrogens is 3. The van der Waals surface area contributed by atoms with Gasteiger partial charge in [0.05, 0.1) is 12.7 Å². The molecule has 25 heavy (non-hydrogen) atoms. The molecule has 2 N–H and O–H groups in total. The first-order valence-corrected chi connectivity index (χ1v) is 8.36. The van der Waals surface area contributed by atoms with Crippen LogP contribution in [0.4, 0.5) is 0 Å².